The van der Waals surface area contributed by atoms with Gasteiger partial charge in [-0.25, -0.2) is 4.79 Å². The third-order valence-electron chi connectivity index (χ3n) is 5.28. The molecular formula is C25H26N4O5S2. The second-order valence-electron chi connectivity index (χ2n) is 8.83. The Labute approximate surface area is 218 Å². The molecule has 9 nitrogen and oxygen atoms in total. The predicted molar refractivity (Wildman–Crippen MR) is 146 cm³/mol. The molecule has 0 unspecified atom stereocenters. The Balaban J connectivity index is 1.60. The summed E-state index contributed by atoms with van der Waals surface area (Å²) in [6, 6.07) is 12.1. The largest absolute Gasteiger partial charge is 0.506 e. The van der Waals surface area contributed by atoms with Crippen LogP contribution in [0.4, 0.5) is 11.4 Å². The molecule has 0 aliphatic rings. The molecular weight excluding hydrogens is 500 g/mol. The number of carbonyl (C=O) groups excluding carboxylic acids is 1. The van der Waals surface area contributed by atoms with E-state index < -0.39 is 16.6 Å². The molecule has 0 radical (unpaired) electrons. The van der Waals surface area contributed by atoms with Crippen LogP contribution in [-0.2, 0) is 16.6 Å². The SMILES string of the molecule is COC(=O)c1ccc(NC(=S)NN=CCc2csc(-c3ccc(C(C)(C)C)cc3)c2O)cc1[N+](=O)[O-]. The van der Waals surface area contributed by atoms with Crippen molar-refractivity contribution in [1.29, 1.82) is 0 Å². The van der Waals surface area contributed by atoms with Gasteiger partial charge in [0.15, 0.2) is 5.11 Å². The lowest BCUT2D eigenvalue weighted by Gasteiger charge is -2.19. The smallest absolute Gasteiger partial charge is 0.344 e. The highest BCUT2D eigenvalue weighted by Gasteiger charge is 2.21. The summed E-state index contributed by atoms with van der Waals surface area (Å²) in [6.45, 7) is 6.46. The zero-order valence-corrected chi connectivity index (χ0v) is 21.8. The Morgan fingerprint density at radius 2 is 1.94 bits per heavy atom. The van der Waals surface area contributed by atoms with Crippen LogP contribution in [-0.4, -0.2) is 34.4 Å². The Morgan fingerprint density at radius 1 is 1.25 bits per heavy atom. The number of aromatic hydroxyl groups is 1. The monoisotopic (exact) mass is 526 g/mol. The number of rotatable bonds is 7. The van der Waals surface area contributed by atoms with Crippen molar-refractivity contribution in [2.45, 2.75) is 32.6 Å². The number of benzene rings is 2. The molecule has 36 heavy (non-hydrogen) atoms. The highest BCUT2D eigenvalue weighted by molar-refractivity contribution is 7.80. The van der Waals surface area contributed by atoms with E-state index in [2.05, 4.69) is 53.5 Å². The van der Waals surface area contributed by atoms with Gasteiger partial charge in [0.2, 0.25) is 0 Å². The number of methoxy groups -OCH3 is 1. The third kappa shape index (κ3) is 6.43. The Hall–Kier alpha value is -3.83. The van der Waals surface area contributed by atoms with Crippen LogP contribution in [0.1, 0.15) is 42.3 Å². The van der Waals surface area contributed by atoms with Gasteiger partial charge in [-0.3, -0.25) is 15.5 Å². The standard InChI is InChI=1S/C25H26N4O5S2/c1-25(2,3)17-7-5-15(6-8-17)22-21(30)16(14-36-22)11-12-26-28-24(35)27-18-9-10-19(23(31)34-4)20(13-18)29(32)33/h5-10,12-14,30H,11H2,1-4H3,(H2,27,28,35). The maximum Gasteiger partial charge on any atom is 0.344 e. The van der Waals surface area contributed by atoms with Gasteiger partial charge in [-0.05, 0) is 46.3 Å². The van der Waals surface area contributed by atoms with E-state index in [1.165, 1.54) is 35.1 Å². The number of thiocarbonyl (C=S) groups is 1. The van der Waals surface area contributed by atoms with Crippen molar-refractivity contribution in [1.82, 2.24) is 5.43 Å². The second kappa shape index (κ2) is 11.3. The van der Waals surface area contributed by atoms with E-state index in [-0.39, 0.29) is 21.8 Å². The topological polar surface area (TPSA) is 126 Å². The fourth-order valence-electron chi connectivity index (χ4n) is 3.31. The number of hydrazone groups is 1. The summed E-state index contributed by atoms with van der Waals surface area (Å²) in [6.07, 6.45) is 1.93. The summed E-state index contributed by atoms with van der Waals surface area (Å²) in [7, 11) is 1.15. The van der Waals surface area contributed by atoms with Crippen LogP contribution in [0.25, 0.3) is 10.4 Å². The van der Waals surface area contributed by atoms with Crippen molar-refractivity contribution in [2.24, 2.45) is 5.10 Å². The molecule has 3 N–H and O–H groups in total. The molecule has 0 fully saturated rings. The molecule has 0 saturated carbocycles. The Morgan fingerprint density at radius 3 is 2.56 bits per heavy atom. The van der Waals surface area contributed by atoms with Crippen LogP contribution in [0.15, 0.2) is 52.9 Å². The number of carbonyl (C=O) groups is 1. The number of anilines is 1. The van der Waals surface area contributed by atoms with Crippen LogP contribution in [0.2, 0.25) is 0 Å². The lowest BCUT2D eigenvalue weighted by molar-refractivity contribution is -0.385. The molecule has 188 valence electrons. The van der Waals surface area contributed by atoms with Crippen LogP contribution in [0.3, 0.4) is 0 Å². The summed E-state index contributed by atoms with van der Waals surface area (Å²) in [5.74, 6) is -0.589. The fourth-order valence-corrected chi connectivity index (χ4v) is 4.46. The molecule has 0 atom stereocenters. The molecule has 1 heterocycles. The minimum absolute atomic E-state index is 0.0569. The lowest BCUT2D eigenvalue weighted by Crippen LogP contribution is -2.24. The van der Waals surface area contributed by atoms with Crippen molar-refractivity contribution < 1.29 is 19.6 Å². The zero-order valence-electron chi connectivity index (χ0n) is 20.2. The first-order chi connectivity index (χ1) is 17.0. The van der Waals surface area contributed by atoms with E-state index in [1.807, 2.05) is 17.5 Å². The second-order valence-corrected chi connectivity index (χ2v) is 10.1. The zero-order chi connectivity index (χ0) is 26.5. The van der Waals surface area contributed by atoms with Crippen molar-refractivity contribution in [3.8, 4) is 16.2 Å². The highest BCUT2D eigenvalue weighted by Crippen LogP contribution is 2.39. The summed E-state index contributed by atoms with van der Waals surface area (Å²) in [5, 5.41) is 30.7. The molecule has 0 aliphatic heterocycles. The molecule has 3 rings (SSSR count). The molecule has 11 heteroatoms. The number of nitro benzene ring substituents is 1. The maximum atomic E-state index is 11.7. The van der Waals surface area contributed by atoms with Crippen LogP contribution < -0.4 is 10.7 Å². The van der Waals surface area contributed by atoms with E-state index in [1.54, 1.807) is 6.21 Å². The molecule has 0 amide bonds. The van der Waals surface area contributed by atoms with E-state index in [9.17, 15) is 20.0 Å². The van der Waals surface area contributed by atoms with Gasteiger partial charge in [-0.2, -0.15) is 5.10 Å². The van der Waals surface area contributed by atoms with Crippen LogP contribution in [0, 0.1) is 10.1 Å². The third-order valence-corrected chi connectivity index (χ3v) is 6.54. The molecule has 1 aromatic heterocycles. The average Bonchev–Trinajstić information content (AvgIpc) is 3.20. The van der Waals surface area contributed by atoms with Gasteiger partial charge in [0.25, 0.3) is 5.69 Å². The number of hydrogen-bond acceptors (Lipinski definition) is 8. The van der Waals surface area contributed by atoms with Gasteiger partial charge in [-0.15, -0.1) is 11.3 Å². The number of nitrogens with one attached hydrogen (secondary N) is 2. The van der Waals surface area contributed by atoms with Crippen molar-refractivity contribution in [3.63, 3.8) is 0 Å². The molecule has 0 spiro atoms. The quantitative estimate of drug-likeness (QED) is 0.119. The fraction of sp³-hybridized carbons (Fsp3) is 0.240. The molecule has 0 saturated heterocycles. The number of hydrogen-bond donors (Lipinski definition) is 3. The van der Waals surface area contributed by atoms with Gasteiger partial charge in [0.05, 0.1) is 16.9 Å². The average molecular weight is 527 g/mol. The van der Waals surface area contributed by atoms with Crippen molar-refractivity contribution in [3.05, 3.63) is 74.6 Å². The lowest BCUT2D eigenvalue weighted by atomic mass is 9.86. The van der Waals surface area contributed by atoms with E-state index in [0.717, 1.165) is 23.1 Å². The number of nitro groups is 1. The van der Waals surface area contributed by atoms with Gasteiger partial charge in [0.1, 0.15) is 11.3 Å². The number of nitrogens with zero attached hydrogens (tertiary/aromatic N) is 2. The number of thiophene rings is 1. The van der Waals surface area contributed by atoms with Crippen molar-refractivity contribution in [2.75, 3.05) is 12.4 Å². The normalized spacial score (nSPS) is 11.3. The predicted octanol–water partition coefficient (Wildman–Crippen LogP) is 5.63. The van der Waals surface area contributed by atoms with E-state index >= 15 is 0 Å². The molecule has 0 aliphatic carbocycles. The first-order valence-corrected chi connectivity index (χ1v) is 12.2. The maximum absolute atomic E-state index is 11.7. The summed E-state index contributed by atoms with van der Waals surface area (Å²) in [4.78, 5) is 23.1. The number of ether oxygens (including phenoxy) is 1. The minimum Gasteiger partial charge on any atom is -0.506 e. The summed E-state index contributed by atoms with van der Waals surface area (Å²) in [5.41, 5.74) is 5.32. The van der Waals surface area contributed by atoms with Gasteiger partial charge in [0, 0.05) is 30.0 Å². The summed E-state index contributed by atoms with van der Waals surface area (Å²) < 4.78 is 4.56. The molecule has 0 bridgehead atoms. The van der Waals surface area contributed by atoms with E-state index in [0.29, 0.717) is 12.1 Å². The summed E-state index contributed by atoms with van der Waals surface area (Å²) >= 11 is 6.63. The highest BCUT2D eigenvalue weighted by atomic mass is 32.1. The van der Waals surface area contributed by atoms with Gasteiger partial charge in [-0.1, -0.05) is 45.0 Å². The van der Waals surface area contributed by atoms with Crippen LogP contribution >= 0.6 is 23.6 Å². The van der Waals surface area contributed by atoms with Crippen molar-refractivity contribution >= 4 is 52.2 Å². The van der Waals surface area contributed by atoms with Gasteiger partial charge >= 0.3 is 5.97 Å². The minimum atomic E-state index is -0.805. The first kappa shape index (κ1) is 26.8. The Kier molecular flexibility index (Phi) is 8.38. The molecule has 3 aromatic rings. The van der Waals surface area contributed by atoms with Crippen LogP contribution in [0.5, 0.6) is 5.75 Å². The van der Waals surface area contributed by atoms with E-state index in [4.69, 9.17) is 12.2 Å². The molecule has 2 aromatic carbocycles. The van der Waals surface area contributed by atoms with Gasteiger partial charge < -0.3 is 15.2 Å². The Bertz CT molecular complexity index is 1310. The first-order valence-electron chi connectivity index (χ1n) is 10.9. The number of esters is 1.